The van der Waals surface area contributed by atoms with E-state index in [2.05, 4.69) is 52.8 Å². The van der Waals surface area contributed by atoms with Crippen LogP contribution in [0, 0.1) is 0 Å². The van der Waals surface area contributed by atoms with Crippen LogP contribution < -0.4 is 11.1 Å². The lowest BCUT2D eigenvalue weighted by atomic mass is 10.0. The van der Waals surface area contributed by atoms with Crippen LogP contribution in [-0.4, -0.2) is 18.0 Å². The lowest BCUT2D eigenvalue weighted by Crippen LogP contribution is -2.33. The molecular formula is C17H19N3. The Morgan fingerprint density at radius 1 is 1.10 bits per heavy atom. The number of hydrogen-bond acceptors (Lipinski definition) is 1. The van der Waals surface area contributed by atoms with Gasteiger partial charge in [0.15, 0.2) is 5.96 Å². The standard InChI is InChI=1S/C17H19N3/c18-17(19-12-8-9-12)20-16-10-15(16)14-7-3-5-11-4-1-2-6-13(11)14/h1-7,12,15-16H,8-10H2,(H3,18,19,20)/t15-,16+/m0/s1. The van der Waals surface area contributed by atoms with Crippen molar-refractivity contribution in [3.05, 3.63) is 48.0 Å². The smallest absolute Gasteiger partial charge is 0.189 e. The minimum atomic E-state index is 0.354. The largest absolute Gasteiger partial charge is 0.370 e. The predicted molar refractivity (Wildman–Crippen MR) is 82.9 cm³/mol. The van der Waals surface area contributed by atoms with Crippen molar-refractivity contribution in [1.29, 1.82) is 0 Å². The Hall–Kier alpha value is -2.03. The van der Waals surface area contributed by atoms with Gasteiger partial charge in [-0.25, -0.2) is 4.99 Å². The van der Waals surface area contributed by atoms with E-state index in [1.807, 2.05) is 0 Å². The highest BCUT2D eigenvalue weighted by Crippen LogP contribution is 2.45. The number of benzene rings is 2. The average Bonchev–Trinajstić information content (AvgIpc) is 3.36. The first-order chi connectivity index (χ1) is 9.81. The van der Waals surface area contributed by atoms with Crippen molar-refractivity contribution in [3.63, 3.8) is 0 Å². The van der Waals surface area contributed by atoms with Crippen LogP contribution in [0.3, 0.4) is 0 Å². The van der Waals surface area contributed by atoms with E-state index < -0.39 is 0 Å². The first-order valence-electron chi connectivity index (χ1n) is 7.39. The zero-order chi connectivity index (χ0) is 13.5. The molecule has 2 aliphatic rings. The van der Waals surface area contributed by atoms with E-state index in [0.717, 1.165) is 6.42 Å². The number of nitrogens with one attached hydrogen (secondary N) is 1. The summed E-state index contributed by atoms with van der Waals surface area (Å²) in [7, 11) is 0. The summed E-state index contributed by atoms with van der Waals surface area (Å²) in [5, 5.41) is 5.92. The van der Waals surface area contributed by atoms with Crippen LogP contribution in [0.1, 0.15) is 30.7 Å². The summed E-state index contributed by atoms with van der Waals surface area (Å²) in [6.45, 7) is 0. The minimum Gasteiger partial charge on any atom is -0.370 e. The van der Waals surface area contributed by atoms with Crippen LogP contribution in [0.5, 0.6) is 0 Å². The maximum absolute atomic E-state index is 5.95. The molecule has 2 saturated carbocycles. The second kappa shape index (κ2) is 4.51. The molecule has 0 unspecified atom stereocenters. The van der Waals surface area contributed by atoms with E-state index in [4.69, 9.17) is 5.73 Å². The number of rotatable bonds is 3. The fourth-order valence-corrected chi connectivity index (χ4v) is 2.89. The zero-order valence-electron chi connectivity index (χ0n) is 11.4. The zero-order valence-corrected chi connectivity index (χ0v) is 11.4. The van der Waals surface area contributed by atoms with Gasteiger partial charge in [0.05, 0.1) is 6.04 Å². The Morgan fingerprint density at radius 3 is 2.75 bits per heavy atom. The maximum atomic E-state index is 5.95. The molecule has 102 valence electrons. The monoisotopic (exact) mass is 265 g/mol. The van der Waals surface area contributed by atoms with Gasteiger partial charge in [0.2, 0.25) is 0 Å². The molecule has 0 bridgehead atoms. The molecule has 0 aromatic heterocycles. The molecule has 2 aromatic carbocycles. The average molecular weight is 265 g/mol. The van der Waals surface area contributed by atoms with E-state index in [1.54, 1.807) is 0 Å². The normalized spacial score (nSPS) is 25.7. The third kappa shape index (κ3) is 2.24. The molecule has 0 aliphatic heterocycles. The quantitative estimate of drug-likeness (QED) is 0.662. The van der Waals surface area contributed by atoms with Gasteiger partial charge in [0.1, 0.15) is 0 Å². The molecule has 20 heavy (non-hydrogen) atoms. The number of hydrogen-bond donors (Lipinski definition) is 2. The Balaban J connectivity index is 1.56. The Labute approximate surface area is 118 Å². The first-order valence-corrected chi connectivity index (χ1v) is 7.39. The number of nitrogens with two attached hydrogens (primary N) is 1. The van der Waals surface area contributed by atoms with Gasteiger partial charge in [-0.15, -0.1) is 0 Å². The van der Waals surface area contributed by atoms with Gasteiger partial charge < -0.3 is 11.1 Å². The van der Waals surface area contributed by atoms with E-state index >= 15 is 0 Å². The SMILES string of the molecule is NC(=N[C@@H]1C[C@H]1c1cccc2ccccc12)NC1CC1. The number of fused-ring (bicyclic) bond motifs is 1. The van der Waals surface area contributed by atoms with Crippen molar-refractivity contribution in [2.75, 3.05) is 0 Å². The summed E-state index contributed by atoms with van der Waals surface area (Å²) in [5.74, 6) is 1.15. The molecular weight excluding hydrogens is 246 g/mol. The fraction of sp³-hybridized carbons (Fsp3) is 0.353. The molecule has 2 aromatic rings. The molecule has 4 rings (SSSR count). The van der Waals surface area contributed by atoms with Gasteiger partial charge in [0, 0.05) is 12.0 Å². The summed E-state index contributed by atoms with van der Waals surface area (Å²) < 4.78 is 0. The van der Waals surface area contributed by atoms with Crippen LogP contribution in [0.2, 0.25) is 0 Å². The van der Waals surface area contributed by atoms with Gasteiger partial charge in [-0.1, -0.05) is 42.5 Å². The Kier molecular flexibility index (Phi) is 2.66. The van der Waals surface area contributed by atoms with E-state index in [-0.39, 0.29) is 0 Å². The van der Waals surface area contributed by atoms with Gasteiger partial charge in [-0.2, -0.15) is 0 Å². The molecule has 0 amide bonds. The first kappa shape index (κ1) is 11.8. The van der Waals surface area contributed by atoms with Crippen LogP contribution in [-0.2, 0) is 0 Å². The Morgan fingerprint density at radius 2 is 1.90 bits per heavy atom. The number of nitrogens with zero attached hydrogens (tertiary/aromatic N) is 1. The van der Waals surface area contributed by atoms with Crippen molar-refractivity contribution < 1.29 is 0 Å². The Bertz CT molecular complexity index is 667. The van der Waals surface area contributed by atoms with Crippen LogP contribution in [0.15, 0.2) is 47.5 Å². The highest BCUT2D eigenvalue weighted by atomic mass is 15.1. The molecule has 2 aliphatic carbocycles. The molecule has 3 heteroatoms. The molecule has 0 radical (unpaired) electrons. The van der Waals surface area contributed by atoms with Crippen LogP contribution in [0.4, 0.5) is 0 Å². The number of guanidine groups is 1. The number of aliphatic imine (C=N–C) groups is 1. The van der Waals surface area contributed by atoms with Gasteiger partial charge in [-0.3, -0.25) is 0 Å². The summed E-state index contributed by atoms with van der Waals surface area (Å²) in [6, 6.07) is 16.0. The highest BCUT2D eigenvalue weighted by Gasteiger charge is 2.39. The third-order valence-corrected chi connectivity index (χ3v) is 4.21. The third-order valence-electron chi connectivity index (χ3n) is 4.21. The lowest BCUT2D eigenvalue weighted by molar-refractivity contribution is 0.871. The molecule has 2 fully saturated rings. The predicted octanol–water partition coefficient (Wildman–Crippen LogP) is 2.76. The summed E-state index contributed by atoms with van der Waals surface area (Å²) in [4.78, 5) is 4.62. The summed E-state index contributed by atoms with van der Waals surface area (Å²) in [5.41, 5.74) is 7.36. The molecule has 2 atom stereocenters. The second-order valence-corrected chi connectivity index (χ2v) is 5.91. The van der Waals surface area contributed by atoms with Crippen LogP contribution >= 0.6 is 0 Å². The summed E-state index contributed by atoms with van der Waals surface area (Å²) >= 11 is 0. The molecule has 3 nitrogen and oxygen atoms in total. The molecule has 0 heterocycles. The van der Waals surface area contributed by atoms with Crippen molar-refractivity contribution in [1.82, 2.24) is 5.32 Å². The van der Waals surface area contributed by atoms with Crippen molar-refractivity contribution in [2.24, 2.45) is 10.7 Å². The highest BCUT2D eigenvalue weighted by molar-refractivity contribution is 5.87. The summed E-state index contributed by atoms with van der Waals surface area (Å²) in [6.07, 6.45) is 3.57. The van der Waals surface area contributed by atoms with Crippen molar-refractivity contribution in [3.8, 4) is 0 Å². The van der Waals surface area contributed by atoms with Crippen molar-refractivity contribution in [2.45, 2.75) is 37.3 Å². The maximum Gasteiger partial charge on any atom is 0.189 e. The topological polar surface area (TPSA) is 50.4 Å². The van der Waals surface area contributed by atoms with Gasteiger partial charge in [0.25, 0.3) is 0 Å². The van der Waals surface area contributed by atoms with Gasteiger partial charge >= 0.3 is 0 Å². The molecule has 3 N–H and O–H groups in total. The molecule has 0 spiro atoms. The van der Waals surface area contributed by atoms with Gasteiger partial charge in [-0.05, 0) is 35.6 Å². The minimum absolute atomic E-state index is 0.354. The second-order valence-electron chi connectivity index (χ2n) is 5.91. The fourth-order valence-electron chi connectivity index (χ4n) is 2.89. The van der Waals surface area contributed by atoms with Crippen LogP contribution in [0.25, 0.3) is 10.8 Å². The van der Waals surface area contributed by atoms with Crippen molar-refractivity contribution >= 4 is 16.7 Å². The van der Waals surface area contributed by atoms with E-state index in [0.29, 0.717) is 24.0 Å². The lowest BCUT2D eigenvalue weighted by Gasteiger charge is -2.06. The van der Waals surface area contributed by atoms with E-state index in [1.165, 1.54) is 29.2 Å². The van der Waals surface area contributed by atoms with E-state index in [9.17, 15) is 0 Å². The molecule has 0 saturated heterocycles.